The number of carbonyl (C=O) groups is 2. The third-order valence-electron chi connectivity index (χ3n) is 3.74. The second kappa shape index (κ2) is 7.57. The molecule has 0 bridgehead atoms. The van der Waals surface area contributed by atoms with Crippen molar-refractivity contribution in [3.8, 4) is 0 Å². The smallest absolute Gasteiger partial charge is 0.189 e. The fourth-order valence-corrected chi connectivity index (χ4v) is 2.40. The van der Waals surface area contributed by atoms with Gasteiger partial charge in [0.05, 0.1) is 23.5 Å². The quantitative estimate of drug-likeness (QED) is 0.508. The minimum Gasteiger partial charge on any atom is -0.289 e. The van der Waals surface area contributed by atoms with Crippen molar-refractivity contribution in [3.63, 3.8) is 0 Å². The van der Waals surface area contributed by atoms with Gasteiger partial charge in [0.25, 0.3) is 0 Å². The first-order chi connectivity index (χ1) is 12.5. The molecule has 0 aliphatic carbocycles. The van der Waals surface area contributed by atoms with Gasteiger partial charge in [0.2, 0.25) is 0 Å². The zero-order valence-corrected chi connectivity index (χ0v) is 14.5. The maximum Gasteiger partial charge on any atom is 0.189 e. The molecular weight excluding hydrogens is 328 g/mol. The lowest BCUT2D eigenvalue weighted by Gasteiger charge is -1.97. The second-order valence-corrected chi connectivity index (χ2v) is 5.87. The molecule has 0 saturated heterocycles. The van der Waals surface area contributed by atoms with Crippen LogP contribution in [0.25, 0.3) is 12.2 Å². The summed E-state index contributed by atoms with van der Waals surface area (Å²) < 4.78 is 3.18. The lowest BCUT2D eigenvalue weighted by molar-refractivity contribution is 0.103. The van der Waals surface area contributed by atoms with Gasteiger partial charge in [0.15, 0.2) is 11.6 Å². The van der Waals surface area contributed by atoms with Gasteiger partial charge in [0, 0.05) is 26.5 Å². The van der Waals surface area contributed by atoms with Crippen LogP contribution in [0.4, 0.5) is 0 Å². The van der Waals surface area contributed by atoms with Crippen molar-refractivity contribution in [2.45, 2.75) is 0 Å². The molecular formula is C20H18N4O2. The average Bonchev–Trinajstić information content (AvgIpc) is 3.26. The lowest BCUT2D eigenvalue weighted by atomic mass is 10.1. The Kier molecular flexibility index (Phi) is 5.03. The predicted molar refractivity (Wildman–Crippen MR) is 99.6 cm³/mol. The molecule has 6 heteroatoms. The predicted octanol–water partition coefficient (Wildman–Crippen LogP) is 2.95. The largest absolute Gasteiger partial charge is 0.289 e. The number of nitrogens with zero attached hydrogens (tertiary/aromatic N) is 4. The van der Waals surface area contributed by atoms with Gasteiger partial charge in [-0.1, -0.05) is 30.4 Å². The van der Waals surface area contributed by atoms with Crippen LogP contribution in [0.3, 0.4) is 0 Å². The van der Waals surface area contributed by atoms with Crippen molar-refractivity contribution in [1.82, 2.24) is 19.6 Å². The molecule has 2 heterocycles. The lowest BCUT2D eigenvalue weighted by Crippen LogP contribution is -1.92. The summed E-state index contributed by atoms with van der Waals surface area (Å²) in [6.07, 6.45) is 12.9. The third kappa shape index (κ3) is 4.30. The fourth-order valence-electron chi connectivity index (χ4n) is 2.40. The first-order valence-corrected chi connectivity index (χ1v) is 8.03. The summed E-state index contributed by atoms with van der Waals surface area (Å²) >= 11 is 0. The Morgan fingerprint density at radius 1 is 0.846 bits per heavy atom. The summed E-state index contributed by atoms with van der Waals surface area (Å²) in [7, 11) is 3.53. The summed E-state index contributed by atoms with van der Waals surface area (Å²) in [4.78, 5) is 24.2. The highest BCUT2D eigenvalue weighted by molar-refractivity contribution is 6.07. The van der Waals surface area contributed by atoms with E-state index >= 15 is 0 Å². The number of allylic oxidation sites excluding steroid dienone is 2. The minimum atomic E-state index is -0.106. The van der Waals surface area contributed by atoms with Crippen molar-refractivity contribution < 1.29 is 9.59 Å². The van der Waals surface area contributed by atoms with Gasteiger partial charge in [-0.15, -0.1) is 0 Å². The molecule has 0 unspecified atom stereocenters. The highest BCUT2D eigenvalue weighted by Gasteiger charge is 2.05. The molecule has 0 amide bonds. The van der Waals surface area contributed by atoms with E-state index in [-0.39, 0.29) is 11.6 Å². The Morgan fingerprint density at radius 3 is 1.69 bits per heavy atom. The molecule has 0 aliphatic heterocycles. The Hall–Kier alpha value is -3.54. The number of hydrogen-bond donors (Lipinski definition) is 0. The minimum absolute atomic E-state index is 0.106. The summed E-state index contributed by atoms with van der Waals surface area (Å²) in [5, 5.41) is 7.98. The molecule has 26 heavy (non-hydrogen) atoms. The summed E-state index contributed by atoms with van der Waals surface area (Å²) in [6.45, 7) is 0. The standard InChI is InChI=1S/C20H18N4O2/c1-23-13-17(11-21-23)19(25)8-6-15-4-3-5-16(10-15)7-9-20(26)18-12-22-24(2)14-18/h3-14H,1-2H3. The SMILES string of the molecule is Cn1cc(C(=O)C=Cc2cccc(C=CC(=O)c3cnn(C)c3)c2)cn1. The molecule has 0 N–H and O–H groups in total. The Morgan fingerprint density at radius 2 is 1.31 bits per heavy atom. The molecule has 0 saturated carbocycles. The number of aryl methyl sites for hydroxylation is 2. The van der Waals surface area contributed by atoms with E-state index in [1.165, 1.54) is 24.5 Å². The highest BCUT2D eigenvalue weighted by atomic mass is 16.1. The molecule has 0 atom stereocenters. The van der Waals surface area contributed by atoms with Crippen molar-refractivity contribution in [2.24, 2.45) is 14.1 Å². The number of rotatable bonds is 6. The summed E-state index contributed by atoms with van der Waals surface area (Å²) in [6, 6.07) is 7.57. The molecule has 0 spiro atoms. The molecule has 0 radical (unpaired) electrons. The molecule has 3 rings (SSSR count). The number of ketones is 2. The van der Waals surface area contributed by atoms with Gasteiger partial charge < -0.3 is 0 Å². The van der Waals surface area contributed by atoms with Gasteiger partial charge in [0.1, 0.15) is 0 Å². The van der Waals surface area contributed by atoms with Crippen LogP contribution >= 0.6 is 0 Å². The summed E-state index contributed by atoms with van der Waals surface area (Å²) in [5.41, 5.74) is 2.83. The zero-order chi connectivity index (χ0) is 18.5. The van der Waals surface area contributed by atoms with E-state index in [0.29, 0.717) is 11.1 Å². The molecule has 3 aromatic rings. The Labute approximate surface area is 151 Å². The third-order valence-corrected chi connectivity index (χ3v) is 3.74. The molecule has 0 aliphatic rings. The van der Waals surface area contributed by atoms with Gasteiger partial charge >= 0.3 is 0 Å². The maximum atomic E-state index is 12.1. The van der Waals surface area contributed by atoms with Crippen LogP contribution in [0.15, 0.2) is 61.2 Å². The Balaban J connectivity index is 1.69. The van der Waals surface area contributed by atoms with Crippen molar-refractivity contribution in [2.75, 3.05) is 0 Å². The molecule has 6 nitrogen and oxygen atoms in total. The summed E-state index contributed by atoms with van der Waals surface area (Å²) in [5.74, 6) is -0.211. The van der Waals surface area contributed by atoms with Crippen LogP contribution in [0.1, 0.15) is 31.8 Å². The van der Waals surface area contributed by atoms with Crippen molar-refractivity contribution in [1.29, 1.82) is 0 Å². The van der Waals surface area contributed by atoms with Gasteiger partial charge in [-0.2, -0.15) is 10.2 Å². The number of benzene rings is 1. The first kappa shape index (κ1) is 17.3. The van der Waals surface area contributed by atoms with E-state index in [2.05, 4.69) is 10.2 Å². The van der Waals surface area contributed by atoms with E-state index in [0.717, 1.165) is 11.1 Å². The first-order valence-electron chi connectivity index (χ1n) is 8.03. The van der Waals surface area contributed by atoms with Crippen LogP contribution in [0, 0.1) is 0 Å². The van der Waals surface area contributed by atoms with Gasteiger partial charge in [-0.3, -0.25) is 19.0 Å². The van der Waals surface area contributed by atoms with Gasteiger partial charge in [-0.05, 0) is 29.3 Å². The maximum absolute atomic E-state index is 12.1. The molecule has 0 fully saturated rings. The average molecular weight is 346 g/mol. The van der Waals surface area contributed by atoms with E-state index in [9.17, 15) is 9.59 Å². The molecule has 2 aromatic heterocycles. The van der Waals surface area contributed by atoms with Gasteiger partial charge in [-0.25, -0.2) is 0 Å². The van der Waals surface area contributed by atoms with Crippen LogP contribution < -0.4 is 0 Å². The van der Waals surface area contributed by atoms with Crippen LogP contribution in [-0.2, 0) is 14.1 Å². The monoisotopic (exact) mass is 346 g/mol. The molecule has 130 valence electrons. The number of aromatic nitrogens is 4. The number of carbonyl (C=O) groups excluding carboxylic acids is 2. The van der Waals surface area contributed by atoms with E-state index in [1.54, 1.807) is 48.0 Å². The molecule has 1 aromatic carbocycles. The van der Waals surface area contributed by atoms with E-state index in [4.69, 9.17) is 0 Å². The fraction of sp³-hybridized carbons (Fsp3) is 0.100. The van der Waals surface area contributed by atoms with Crippen LogP contribution in [-0.4, -0.2) is 31.1 Å². The highest BCUT2D eigenvalue weighted by Crippen LogP contribution is 2.11. The topological polar surface area (TPSA) is 69.8 Å². The van der Waals surface area contributed by atoms with Crippen LogP contribution in [0.2, 0.25) is 0 Å². The van der Waals surface area contributed by atoms with E-state index < -0.39 is 0 Å². The van der Waals surface area contributed by atoms with Crippen LogP contribution in [0.5, 0.6) is 0 Å². The van der Waals surface area contributed by atoms with Crippen molar-refractivity contribution >= 4 is 23.7 Å². The van der Waals surface area contributed by atoms with Crippen molar-refractivity contribution in [3.05, 3.63) is 83.5 Å². The normalized spacial score (nSPS) is 11.5. The van der Waals surface area contributed by atoms with E-state index in [1.807, 2.05) is 24.3 Å². The number of hydrogen-bond acceptors (Lipinski definition) is 4. The zero-order valence-electron chi connectivity index (χ0n) is 14.5. The second-order valence-electron chi connectivity index (χ2n) is 5.87. The Bertz CT molecular complexity index is 931.